The van der Waals surface area contributed by atoms with E-state index >= 15 is 0 Å². The lowest BCUT2D eigenvalue weighted by Gasteiger charge is -2.31. The van der Waals surface area contributed by atoms with E-state index in [0.717, 1.165) is 57.4 Å². The summed E-state index contributed by atoms with van der Waals surface area (Å²) in [5.74, 6) is 0.140. The van der Waals surface area contributed by atoms with Gasteiger partial charge in [-0.15, -0.1) is 0 Å². The highest BCUT2D eigenvalue weighted by Crippen LogP contribution is 2.29. The van der Waals surface area contributed by atoms with Gasteiger partial charge in [-0.05, 0) is 66.6 Å². The van der Waals surface area contributed by atoms with Gasteiger partial charge in [-0.3, -0.25) is 5.32 Å². The summed E-state index contributed by atoms with van der Waals surface area (Å²) in [7, 11) is 0. The molecule has 2 aromatic rings. The van der Waals surface area contributed by atoms with Crippen molar-refractivity contribution in [2.24, 2.45) is 0 Å². The second-order valence-electron chi connectivity index (χ2n) is 10.4. The van der Waals surface area contributed by atoms with Gasteiger partial charge in [0.15, 0.2) is 0 Å². The number of hydrogen-bond donors (Lipinski definition) is 3. The van der Waals surface area contributed by atoms with E-state index in [9.17, 15) is 9.90 Å². The van der Waals surface area contributed by atoms with Gasteiger partial charge < -0.3 is 20.1 Å². The Morgan fingerprint density at radius 3 is 2.33 bits per heavy atom. The number of halogens is 2. The number of allylic oxidation sites excluding steroid dienone is 6. The largest absolute Gasteiger partial charge is 0.508 e. The average Bonchev–Trinajstić information content (AvgIpc) is 3.00. The van der Waals surface area contributed by atoms with E-state index in [-0.39, 0.29) is 11.9 Å². The summed E-state index contributed by atoms with van der Waals surface area (Å²) in [6.45, 7) is 19.4. The Hall–Kier alpha value is -3.55. The number of ether oxygens (including phenoxy) is 1. The van der Waals surface area contributed by atoms with Crippen molar-refractivity contribution in [1.29, 1.82) is 0 Å². The number of piperidine rings is 1. The van der Waals surface area contributed by atoms with E-state index < -0.39 is 6.09 Å². The first-order valence-corrected chi connectivity index (χ1v) is 15.1. The molecule has 228 valence electrons. The quantitative estimate of drug-likeness (QED) is 0.140. The standard InChI is InChI=1S/C35H41Cl2N3O3/c1-5-7-9-25(3)26(4)33(8-6-2)39-35(42)43-30-16-20-40(21-17-30)19-15-28-12-10-27(11-13-28)14-18-38-24-29-22-31(36)32(37)23-34(29)41/h5-13,22-23,30,38,41H,1-4,14-21,24H2,(H,39,42)/b9-7-,33-8+. The molecule has 2 aromatic carbocycles. The minimum atomic E-state index is -0.504. The third-order valence-electron chi connectivity index (χ3n) is 7.24. The van der Waals surface area contributed by atoms with E-state index in [0.29, 0.717) is 33.4 Å². The Morgan fingerprint density at radius 1 is 1.02 bits per heavy atom. The summed E-state index contributed by atoms with van der Waals surface area (Å²) in [6, 6.07) is 11.9. The van der Waals surface area contributed by atoms with Crippen LogP contribution in [0.3, 0.4) is 0 Å². The molecule has 0 radical (unpaired) electrons. The van der Waals surface area contributed by atoms with Gasteiger partial charge in [0.25, 0.3) is 0 Å². The average molecular weight is 623 g/mol. The van der Waals surface area contributed by atoms with Crippen LogP contribution in [0.2, 0.25) is 10.0 Å². The lowest BCUT2D eigenvalue weighted by molar-refractivity contribution is 0.0527. The fourth-order valence-electron chi connectivity index (χ4n) is 4.67. The summed E-state index contributed by atoms with van der Waals surface area (Å²) < 4.78 is 5.70. The van der Waals surface area contributed by atoms with E-state index in [4.69, 9.17) is 27.9 Å². The Labute approximate surface area is 265 Å². The van der Waals surface area contributed by atoms with Gasteiger partial charge in [-0.25, -0.2) is 4.79 Å². The van der Waals surface area contributed by atoms with Crippen LogP contribution < -0.4 is 10.6 Å². The van der Waals surface area contributed by atoms with Gasteiger partial charge in [0.05, 0.1) is 15.7 Å². The fraction of sp³-hybridized carbons (Fsp3) is 0.286. The molecule has 0 spiro atoms. The number of phenolic OH excluding ortho intramolecular Hbond substituents is 1. The number of amides is 1. The zero-order valence-corrected chi connectivity index (χ0v) is 26.1. The normalized spacial score (nSPS) is 14.4. The van der Waals surface area contributed by atoms with Gasteiger partial charge >= 0.3 is 6.09 Å². The van der Waals surface area contributed by atoms with Crippen molar-refractivity contribution in [1.82, 2.24) is 15.5 Å². The molecule has 0 aliphatic carbocycles. The van der Waals surface area contributed by atoms with Gasteiger partial charge in [-0.2, -0.15) is 0 Å². The van der Waals surface area contributed by atoms with Gasteiger partial charge in [0.2, 0.25) is 0 Å². The summed E-state index contributed by atoms with van der Waals surface area (Å²) in [4.78, 5) is 15.0. The van der Waals surface area contributed by atoms with Crippen LogP contribution in [-0.4, -0.2) is 48.4 Å². The minimum Gasteiger partial charge on any atom is -0.508 e. The Balaban J connectivity index is 1.35. The van der Waals surface area contributed by atoms with Gasteiger partial charge in [0.1, 0.15) is 11.9 Å². The highest BCUT2D eigenvalue weighted by atomic mass is 35.5. The van der Waals surface area contributed by atoms with Crippen LogP contribution in [0.25, 0.3) is 0 Å². The molecule has 0 aromatic heterocycles. The van der Waals surface area contributed by atoms with Gasteiger partial charge in [-0.1, -0.05) is 98.1 Å². The van der Waals surface area contributed by atoms with Crippen LogP contribution in [0, 0.1) is 0 Å². The molecule has 0 unspecified atom stereocenters. The van der Waals surface area contributed by atoms with Crippen molar-refractivity contribution < 1.29 is 14.6 Å². The van der Waals surface area contributed by atoms with E-state index in [1.807, 2.05) is 0 Å². The smallest absolute Gasteiger partial charge is 0.411 e. The van der Waals surface area contributed by atoms with Crippen molar-refractivity contribution in [2.75, 3.05) is 26.2 Å². The van der Waals surface area contributed by atoms with E-state index in [1.165, 1.54) is 17.2 Å². The first kappa shape index (κ1) is 33.9. The summed E-state index contributed by atoms with van der Waals surface area (Å²) in [5.41, 5.74) is 5.00. The summed E-state index contributed by atoms with van der Waals surface area (Å²) in [6.07, 6.45) is 11.2. The van der Waals surface area contributed by atoms with E-state index in [1.54, 1.807) is 36.4 Å². The van der Waals surface area contributed by atoms with Crippen LogP contribution in [0.15, 0.2) is 110 Å². The third-order valence-corrected chi connectivity index (χ3v) is 7.97. The number of alkyl carbamates (subject to hydrolysis) is 1. The van der Waals surface area contributed by atoms with Crippen LogP contribution in [-0.2, 0) is 24.1 Å². The lowest BCUT2D eigenvalue weighted by atomic mass is 10.0. The lowest BCUT2D eigenvalue weighted by Crippen LogP contribution is -2.40. The molecule has 3 N–H and O–H groups in total. The van der Waals surface area contributed by atoms with Crippen LogP contribution in [0.1, 0.15) is 29.5 Å². The highest BCUT2D eigenvalue weighted by molar-refractivity contribution is 6.42. The molecule has 8 heteroatoms. The van der Waals surface area contributed by atoms with Crippen molar-refractivity contribution in [2.45, 2.75) is 38.3 Å². The maximum Gasteiger partial charge on any atom is 0.411 e. The third kappa shape index (κ3) is 11.2. The summed E-state index contributed by atoms with van der Waals surface area (Å²) in [5, 5.41) is 16.9. The van der Waals surface area contributed by atoms with Gasteiger partial charge in [0, 0.05) is 37.8 Å². The highest BCUT2D eigenvalue weighted by Gasteiger charge is 2.23. The first-order valence-electron chi connectivity index (χ1n) is 14.4. The zero-order valence-electron chi connectivity index (χ0n) is 24.6. The molecule has 0 saturated carbocycles. The van der Waals surface area contributed by atoms with Crippen molar-refractivity contribution in [3.8, 4) is 5.75 Å². The van der Waals surface area contributed by atoms with Crippen molar-refractivity contribution >= 4 is 29.3 Å². The number of phenols is 1. The number of hydrogen-bond acceptors (Lipinski definition) is 5. The van der Waals surface area contributed by atoms with Crippen molar-refractivity contribution in [3.05, 3.63) is 137 Å². The minimum absolute atomic E-state index is 0.133. The number of likely N-dealkylation sites (tertiary alicyclic amines) is 1. The molecule has 3 rings (SSSR count). The number of nitrogens with one attached hydrogen (secondary N) is 2. The number of benzene rings is 2. The molecule has 1 aliphatic rings. The monoisotopic (exact) mass is 621 g/mol. The molecular formula is C35H41Cl2N3O3. The summed E-state index contributed by atoms with van der Waals surface area (Å²) >= 11 is 12.0. The number of nitrogens with zero attached hydrogens (tertiary/aromatic N) is 1. The second kappa shape index (κ2) is 17.5. The maximum absolute atomic E-state index is 12.6. The van der Waals surface area contributed by atoms with Crippen LogP contribution >= 0.6 is 23.2 Å². The molecular weight excluding hydrogens is 581 g/mol. The molecule has 1 amide bonds. The molecule has 1 heterocycles. The predicted molar refractivity (Wildman–Crippen MR) is 179 cm³/mol. The Bertz CT molecular complexity index is 1360. The first-order chi connectivity index (χ1) is 20.7. The molecule has 43 heavy (non-hydrogen) atoms. The van der Waals surface area contributed by atoms with Crippen LogP contribution in [0.5, 0.6) is 5.75 Å². The Morgan fingerprint density at radius 2 is 1.67 bits per heavy atom. The molecule has 0 bridgehead atoms. The van der Waals surface area contributed by atoms with E-state index in [2.05, 4.69) is 66.1 Å². The fourth-order valence-corrected chi connectivity index (χ4v) is 5.01. The van der Waals surface area contributed by atoms with Crippen molar-refractivity contribution in [3.63, 3.8) is 0 Å². The molecule has 1 fully saturated rings. The SMILES string of the molecule is C=C/C=C\C(=C)C(=C)/C(=C\C=C)NC(=O)OC1CCN(CCc2ccc(CCNCc3cc(Cl)c(Cl)cc3O)cc2)CC1. The maximum atomic E-state index is 12.6. The molecule has 0 atom stereocenters. The predicted octanol–water partition coefficient (Wildman–Crippen LogP) is 7.69. The molecule has 1 aliphatic heterocycles. The number of aromatic hydroxyl groups is 1. The molecule has 6 nitrogen and oxygen atoms in total. The number of rotatable bonds is 15. The Kier molecular flexibility index (Phi) is 13.8. The number of carbonyl (C=O) groups is 1. The topological polar surface area (TPSA) is 73.8 Å². The number of carbonyl (C=O) groups excluding carboxylic acids is 1. The van der Waals surface area contributed by atoms with Crippen LogP contribution in [0.4, 0.5) is 4.79 Å². The zero-order chi connectivity index (χ0) is 31.2. The molecule has 1 saturated heterocycles. The second-order valence-corrected chi connectivity index (χ2v) is 11.2.